The molecule has 20 heavy (non-hydrogen) atoms. The van der Waals surface area contributed by atoms with Gasteiger partial charge >= 0.3 is 5.97 Å². The van der Waals surface area contributed by atoms with Gasteiger partial charge < -0.3 is 9.84 Å². The smallest absolute Gasteiger partial charge is 0.339 e. The monoisotopic (exact) mass is 314 g/mol. The van der Waals surface area contributed by atoms with E-state index in [1.54, 1.807) is 18.2 Å². The van der Waals surface area contributed by atoms with E-state index in [0.717, 1.165) is 6.07 Å². The molecular weight excluding hydrogens is 306 g/mol. The number of para-hydroxylation sites is 1. The van der Waals surface area contributed by atoms with Crippen molar-refractivity contribution in [1.29, 1.82) is 0 Å². The van der Waals surface area contributed by atoms with Crippen LogP contribution in [0.25, 0.3) is 0 Å². The maximum absolute atomic E-state index is 13.6. The lowest BCUT2D eigenvalue weighted by molar-refractivity contribution is 0.0690. The molecule has 0 fully saturated rings. The first kappa shape index (κ1) is 14.6. The van der Waals surface area contributed by atoms with E-state index >= 15 is 0 Å². The molecule has 0 aromatic heterocycles. The third kappa shape index (κ3) is 3.03. The number of halogens is 3. The van der Waals surface area contributed by atoms with E-state index in [-0.39, 0.29) is 17.9 Å². The zero-order chi connectivity index (χ0) is 14.7. The summed E-state index contributed by atoms with van der Waals surface area (Å²) >= 11 is 11.8. The van der Waals surface area contributed by atoms with Crippen LogP contribution in [-0.4, -0.2) is 11.1 Å². The Morgan fingerprint density at radius 1 is 1.20 bits per heavy atom. The molecule has 2 aromatic rings. The van der Waals surface area contributed by atoms with Gasteiger partial charge in [-0.1, -0.05) is 41.4 Å². The minimum Gasteiger partial charge on any atom is -0.485 e. The average molecular weight is 315 g/mol. The lowest BCUT2D eigenvalue weighted by Crippen LogP contribution is -2.05. The van der Waals surface area contributed by atoms with Crippen molar-refractivity contribution in [2.75, 3.05) is 0 Å². The molecule has 0 heterocycles. The minimum absolute atomic E-state index is 0.0827. The summed E-state index contributed by atoms with van der Waals surface area (Å²) in [6.07, 6.45) is 0. The molecule has 0 unspecified atom stereocenters. The van der Waals surface area contributed by atoms with Gasteiger partial charge in [0.25, 0.3) is 0 Å². The van der Waals surface area contributed by atoms with Crippen LogP contribution in [0.15, 0.2) is 36.4 Å². The van der Waals surface area contributed by atoms with Crippen LogP contribution in [0, 0.1) is 5.82 Å². The Bertz CT molecular complexity index is 659. The standard InChI is InChI=1S/C14H9Cl2FO3/c15-10-5-1-3-8(12(10)16)7-20-13-9(14(18)19)4-2-6-11(13)17/h1-6H,7H2,(H,18,19). The van der Waals surface area contributed by atoms with Crippen molar-refractivity contribution < 1.29 is 19.0 Å². The largest absolute Gasteiger partial charge is 0.485 e. The van der Waals surface area contributed by atoms with Gasteiger partial charge in [0.1, 0.15) is 12.2 Å². The predicted octanol–water partition coefficient (Wildman–Crippen LogP) is 4.41. The van der Waals surface area contributed by atoms with Crippen molar-refractivity contribution in [2.45, 2.75) is 6.61 Å². The van der Waals surface area contributed by atoms with Crippen LogP contribution in [0.3, 0.4) is 0 Å². The van der Waals surface area contributed by atoms with Gasteiger partial charge in [-0.05, 0) is 18.2 Å². The van der Waals surface area contributed by atoms with Crippen LogP contribution in [0.5, 0.6) is 5.75 Å². The van der Waals surface area contributed by atoms with E-state index in [4.69, 9.17) is 33.0 Å². The Morgan fingerprint density at radius 2 is 1.90 bits per heavy atom. The molecule has 0 bridgehead atoms. The number of hydrogen-bond donors (Lipinski definition) is 1. The molecule has 0 aliphatic carbocycles. The molecule has 0 atom stereocenters. The van der Waals surface area contributed by atoms with E-state index in [1.165, 1.54) is 12.1 Å². The number of hydrogen-bond acceptors (Lipinski definition) is 2. The number of carboxylic acid groups (broad SMARTS) is 1. The second-order valence-corrected chi connectivity index (χ2v) is 4.71. The van der Waals surface area contributed by atoms with Gasteiger partial charge in [-0.3, -0.25) is 0 Å². The summed E-state index contributed by atoms with van der Waals surface area (Å²) in [5.41, 5.74) is 0.293. The summed E-state index contributed by atoms with van der Waals surface area (Å²) in [7, 11) is 0. The molecule has 1 N–H and O–H groups in total. The summed E-state index contributed by atoms with van der Waals surface area (Å²) in [6.45, 7) is -0.0827. The van der Waals surface area contributed by atoms with Crippen molar-refractivity contribution >= 4 is 29.2 Å². The fourth-order valence-electron chi connectivity index (χ4n) is 1.63. The molecule has 0 saturated carbocycles. The second-order valence-electron chi connectivity index (χ2n) is 3.92. The van der Waals surface area contributed by atoms with Crippen LogP contribution in [0.1, 0.15) is 15.9 Å². The first-order valence-corrected chi connectivity index (χ1v) is 6.33. The molecule has 0 spiro atoms. The van der Waals surface area contributed by atoms with Crippen LogP contribution in [0.2, 0.25) is 10.0 Å². The number of rotatable bonds is 4. The number of aromatic carboxylic acids is 1. The molecule has 104 valence electrons. The fraction of sp³-hybridized carbons (Fsp3) is 0.0714. The lowest BCUT2D eigenvalue weighted by atomic mass is 10.2. The number of ether oxygens (including phenoxy) is 1. The summed E-state index contributed by atoms with van der Waals surface area (Å²) in [5, 5.41) is 9.63. The van der Waals surface area contributed by atoms with Crippen LogP contribution < -0.4 is 4.74 Å². The van der Waals surface area contributed by atoms with Crippen LogP contribution >= 0.6 is 23.2 Å². The Hall–Kier alpha value is -1.78. The highest BCUT2D eigenvalue weighted by Gasteiger charge is 2.16. The molecule has 3 nitrogen and oxygen atoms in total. The van der Waals surface area contributed by atoms with Gasteiger partial charge in [0.2, 0.25) is 0 Å². The van der Waals surface area contributed by atoms with Gasteiger partial charge in [0, 0.05) is 5.56 Å². The molecule has 6 heteroatoms. The molecule has 0 saturated heterocycles. The van der Waals surface area contributed by atoms with Crippen molar-refractivity contribution in [3.8, 4) is 5.75 Å². The molecule has 0 aliphatic rings. The molecule has 0 radical (unpaired) electrons. The zero-order valence-corrected chi connectivity index (χ0v) is 11.6. The van der Waals surface area contributed by atoms with Gasteiger partial charge in [-0.2, -0.15) is 0 Å². The normalized spacial score (nSPS) is 10.3. The van der Waals surface area contributed by atoms with Gasteiger partial charge in [-0.25, -0.2) is 9.18 Å². The second kappa shape index (κ2) is 6.11. The van der Waals surface area contributed by atoms with Crippen molar-refractivity contribution in [1.82, 2.24) is 0 Å². The van der Waals surface area contributed by atoms with E-state index in [1.807, 2.05) is 0 Å². The average Bonchev–Trinajstić information content (AvgIpc) is 2.41. The molecule has 0 amide bonds. The summed E-state index contributed by atoms with van der Waals surface area (Å²) < 4.78 is 18.9. The summed E-state index contributed by atoms with van der Waals surface area (Å²) in [6, 6.07) is 8.64. The van der Waals surface area contributed by atoms with Gasteiger partial charge in [0.15, 0.2) is 11.6 Å². The van der Waals surface area contributed by atoms with E-state index in [2.05, 4.69) is 0 Å². The highest BCUT2D eigenvalue weighted by atomic mass is 35.5. The van der Waals surface area contributed by atoms with Gasteiger partial charge in [-0.15, -0.1) is 0 Å². The number of carboxylic acids is 1. The van der Waals surface area contributed by atoms with Crippen molar-refractivity contribution in [3.63, 3.8) is 0 Å². The van der Waals surface area contributed by atoms with E-state index in [9.17, 15) is 9.18 Å². The first-order valence-electron chi connectivity index (χ1n) is 5.58. The highest BCUT2D eigenvalue weighted by molar-refractivity contribution is 6.42. The predicted molar refractivity (Wildman–Crippen MR) is 74.2 cm³/mol. The molecule has 0 aliphatic heterocycles. The number of benzene rings is 2. The van der Waals surface area contributed by atoms with Crippen molar-refractivity contribution in [2.24, 2.45) is 0 Å². The third-order valence-electron chi connectivity index (χ3n) is 2.60. The van der Waals surface area contributed by atoms with Crippen molar-refractivity contribution in [3.05, 3.63) is 63.4 Å². The Balaban J connectivity index is 2.27. The summed E-state index contributed by atoms with van der Waals surface area (Å²) in [4.78, 5) is 11.0. The molecule has 2 aromatic carbocycles. The quantitative estimate of drug-likeness (QED) is 0.909. The molecular formula is C14H9Cl2FO3. The first-order chi connectivity index (χ1) is 9.50. The Morgan fingerprint density at radius 3 is 2.60 bits per heavy atom. The topological polar surface area (TPSA) is 46.5 Å². The fourth-order valence-corrected chi connectivity index (χ4v) is 2.01. The van der Waals surface area contributed by atoms with Gasteiger partial charge in [0.05, 0.1) is 10.0 Å². The lowest BCUT2D eigenvalue weighted by Gasteiger charge is -2.11. The number of carbonyl (C=O) groups is 1. The maximum Gasteiger partial charge on any atom is 0.339 e. The Kier molecular flexibility index (Phi) is 4.47. The zero-order valence-electron chi connectivity index (χ0n) is 10.1. The van der Waals surface area contributed by atoms with E-state index < -0.39 is 11.8 Å². The Labute approximate surface area is 124 Å². The minimum atomic E-state index is -1.27. The van der Waals surface area contributed by atoms with E-state index in [0.29, 0.717) is 15.6 Å². The highest BCUT2D eigenvalue weighted by Crippen LogP contribution is 2.28. The van der Waals surface area contributed by atoms with Crippen LogP contribution in [0.4, 0.5) is 4.39 Å². The molecule has 2 rings (SSSR count). The maximum atomic E-state index is 13.6. The summed E-state index contributed by atoms with van der Waals surface area (Å²) in [5.74, 6) is -2.34. The third-order valence-corrected chi connectivity index (χ3v) is 3.46. The van der Waals surface area contributed by atoms with Crippen LogP contribution in [-0.2, 0) is 6.61 Å². The SMILES string of the molecule is O=C(O)c1cccc(F)c1OCc1cccc(Cl)c1Cl.